The van der Waals surface area contributed by atoms with Gasteiger partial charge in [0.1, 0.15) is 11.2 Å². The second kappa shape index (κ2) is 13.1. The lowest BCUT2D eigenvalue weighted by molar-refractivity contribution is 0.669. The third kappa shape index (κ3) is 5.05. The van der Waals surface area contributed by atoms with Gasteiger partial charge in [-0.25, -0.2) is 0 Å². The highest BCUT2D eigenvalue weighted by Gasteiger charge is 2.26. The van der Waals surface area contributed by atoms with E-state index in [4.69, 9.17) is 4.42 Å². The molecule has 0 spiro atoms. The number of aromatic nitrogens is 1. The van der Waals surface area contributed by atoms with Gasteiger partial charge in [0.25, 0.3) is 0 Å². The lowest BCUT2D eigenvalue weighted by atomic mass is 9.94. The van der Waals surface area contributed by atoms with E-state index in [1.165, 1.54) is 47.6 Å². The first-order valence-electron chi connectivity index (χ1n) is 19.7. The number of hydrogen-bond acceptors (Lipinski definition) is 3. The number of benzene rings is 9. The van der Waals surface area contributed by atoms with Crippen LogP contribution in [-0.2, 0) is 0 Å². The van der Waals surface area contributed by atoms with Crippen molar-refractivity contribution < 1.29 is 4.42 Å². The summed E-state index contributed by atoms with van der Waals surface area (Å²) in [5.74, 6) is 0. The number of para-hydroxylation sites is 3. The Kier molecular flexibility index (Phi) is 7.40. The molecule has 0 fully saturated rings. The van der Waals surface area contributed by atoms with Crippen molar-refractivity contribution >= 4 is 92.3 Å². The van der Waals surface area contributed by atoms with Crippen LogP contribution >= 0.6 is 11.3 Å². The third-order valence-corrected chi connectivity index (χ3v) is 12.7. The van der Waals surface area contributed by atoms with E-state index < -0.39 is 0 Å². The highest BCUT2D eigenvalue weighted by Crippen LogP contribution is 2.50. The minimum atomic E-state index is 0.869. The van der Waals surface area contributed by atoms with E-state index in [1.807, 2.05) is 11.3 Å². The van der Waals surface area contributed by atoms with Crippen molar-refractivity contribution in [3.8, 4) is 27.9 Å². The molecule has 3 nitrogen and oxygen atoms in total. The van der Waals surface area contributed by atoms with Crippen LogP contribution in [0.15, 0.2) is 211 Å². The van der Waals surface area contributed by atoms with Crippen molar-refractivity contribution in [2.45, 2.75) is 0 Å². The van der Waals surface area contributed by atoms with E-state index in [0.29, 0.717) is 0 Å². The van der Waals surface area contributed by atoms with E-state index in [9.17, 15) is 0 Å². The molecule has 0 aliphatic heterocycles. The predicted molar refractivity (Wildman–Crippen MR) is 247 cm³/mol. The molecule has 272 valence electrons. The molecule has 12 rings (SSSR count). The van der Waals surface area contributed by atoms with Gasteiger partial charge in [0, 0.05) is 70.4 Å². The van der Waals surface area contributed by atoms with Crippen molar-refractivity contribution in [2.75, 3.05) is 4.90 Å². The average Bonchev–Trinajstić information content (AvgIpc) is 3.96. The summed E-state index contributed by atoms with van der Waals surface area (Å²) >= 11 is 1.85. The minimum absolute atomic E-state index is 0.869. The van der Waals surface area contributed by atoms with E-state index in [1.54, 1.807) is 0 Å². The van der Waals surface area contributed by atoms with Crippen LogP contribution in [0.4, 0.5) is 17.1 Å². The van der Waals surface area contributed by atoms with Crippen LogP contribution in [0.3, 0.4) is 0 Å². The van der Waals surface area contributed by atoms with Gasteiger partial charge in [-0.1, -0.05) is 140 Å². The Labute approximate surface area is 338 Å². The second-order valence-electron chi connectivity index (χ2n) is 14.9. The molecule has 3 heterocycles. The molecule has 0 amide bonds. The zero-order chi connectivity index (χ0) is 38.2. The molecule has 9 aromatic carbocycles. The van der Waals surface area contributed by atoms with Gasteiger partial charge >= 0.3 is 0 Å². The van der Waals surface area contributed by atoms with Gasteiger partial charge < -0.3 is 13.9 Å². The first-order valence-corrected chi connectivity index (χ1v) is 20.5. The number of fused-ring (bicyclic) bond motifs is 9. The van der Waals surface area contributed by atoms with Crippen molar-refractivity contribution in [1.29, 1.82) is 0 Å². The maximum absolute atomic E-state index is 6.75. The highest BCUT2D eigenvalue weighted by molar-refractivity contribution is 7.25. The topological polar surface area (TPSA) is 21.3 Å². The van der Waals surface area contributed by atoms with E-state index >= 15 is 0 Å². The number of nitrogens with zero attached hydrogens (tertiary/aromatic N) is 2. The monoisotopic (exact) mass is 758 g/mol. The molecule has 0 aliphatic rings. The molecule has 0 saturated carbocycles. The molecule has 0 aliphatic carbocycles. The van der Waals surface area contributed by atoms with Gasteiger partial charge in [-0.15, -0.1) is 11.3 Å². The zero-order valence-electron chi connectivity index (χ0n) is 31.3. The Morgan fingerprint density at radius 1 is 0.414 bits per heavy atom. The molecular formula is C54H34N2OS. The average molecular weight is 759 g/mol. The van der Waals surface area contributed by atoms with Gasteiger partial charge in [-0.2, -0.15) is 0 Å². The number of thiophene rings is 1. The van der Waals surface area contributed by atoms with Gasteiger partial charge in [-0.05, 0) is 77.4 Å². The maximum atomic E-state index is 6.75. The lowest BCUT2D eigenvalue weighted by Crippen LogP contribution is -2.11. The fraction of sp³-hybridized carbons (Fsp3) is 0. The Bertz CT molecular complexity index is 3490. The normalized spacial score (nSPS) is 11.8. The summed E-state index contributed by atoms with van der Waals surface area (Å²) in [6, 6.07) is 74.4. The fourth-order valence-electron chi connectivity index (χ4n) is 9.04. The molecular weight excluding hydrogens is 725 g/mol. The number of rotatable bonds is 6. The first-order chi connectivity index (χ1) is 28.8. The smallest absolute Gasteiger partial charge is 0.138 e. The molecule has 4 heteroatoms. The second-order valence-corrected chi connectivity index (χ2v) is 15.9. The van der Waals surface area contributed by atoms with Gasteiger partial charge in [0.2, 0.25) is 0 Å². The molecule has 12 aromatic rings. The largest absolute Gasteiger partial charge is 0.456 e. The van der Waals surface area contributed by atoms with Crippen LogP contribution in [0.2, 0.25) is 0 Å². The van der Waals surface area contributed by atoms with Crippen molar-refractivity contribution in [1.82, 2.24) is 4.57 Å². The van der Waals surface area contributed by atoms with E-state index in [-0.39, 0.29) is 0 Å². The predicted octanol–water partition coefficient (Wildman–Crippen LogP) is 15.9. The summed E-state index contributed by atoms with van der Waals surface area (Å²) < 4.78 is 11.8. The molecule has 0 bridgehead atoms. The van der Waals surface area contributed by atoms with Gasteiger partial charge in [0.15, 0.2) is 0 Å². The standard InChI is InChI=1S/C54H34N2OS/c1-4-15-35(16-5-1)36-27-29-39(30-28-36)56-46-34-48-53(42-22-10-12-25-47(42)57-48)51(37-17-6-2-7-18-37)52(46)43-23-14-24-45(54(43)56)55(38-19-8-3-9-20-38)40-31-32-50-44(33-40)41-21-11-13-26-49(41)58-50/h1-34H. The minimum Gasteiger partial charge on any atom is -0.456 e. The molecule has 0 N–H and O–H groups in total. The quantitative estimate of drug-likeness (QED) is 0.168. The third-order valence-electron chi connectivity index (χ3n) is 11.6. The molecule has 0 saturated heterocycles. The molecule has 0 radical (unpaired) electrons. The van der Waals surface area contributed by atoms with Crippen LogP contribution in [0, 0.1) is 0 Å². The SMILES string of the molecule is c1ccc(-c2ccc(-n3c4cc5oc6ccccc6c5c(-c5ccccc5)c4c4cccc(N(c5ccccc5)c5ccc6sc7ccccc7c6c5)c43)cc2)cc1. The van der Waals surface area contributed by atoms with E-state index in [0.717, 1.165) is 61.3 Å². The molecule has 0 atom stereocenters. The zero-order valence-corrected chi connectivity index (χ0v) is 32.2. The molecule has 0 unspecified atom stereocenters. The van der Waals surface area contributed by atoms with Crippen molar-refractivity contribution in [2.24, 2.45) is 0 Å². The fourth-order valence-corrected chi connectivity index (χ4v) is 10.1. The molecule has 3 aromatic heterocycles. The summed E-state index contributed by atoms with van der Waals surface area (Å²) in [5.41, 5.74) is 13.0. The number of furan rings is 1. The van der Waals surface area contributed by atoms with Crippen LogP contribution < -0.4 is 4.90 Å². The summed E-state index contributed by atoms with van der Waals surface area (Å²) in [4.78, 5) is 2.43. The summed E-state index contributed by atoms with van der Waals surface area (Å²) in [5, 5.41) is 7.17. The summed E-state index contributed by atoms with van der Waals surface area (Å²) in [7, 11) is 0. The Hall–Kier alpha value is -7.40. The van der Waals surface area contributed by atoms with Crippen molar-refractivity contribution in [3.63, 3.8) is 0 Å². The van der Waals surface area contributed by atoms with Crippen LogP contribution in [-0.4, -0.2) is 4.57 Å². The van der Waals surface area contributed by atoms with Gasteiger partial charge in [0.05, 0.1) is 16.7 Å². The van der Waals surface area contributed by atoms with Crippen LogP contribution in [0.1, 0.15) is 0 Å². The Morgan fingerprint density at radius 3 is 1.84 bits per heavy atom. The molecule has 58 heavy (non-hydrogen) atoms. The highest BCUT2D eigenvalue weighted by atomic mass is 32.1. The first kappa shape index (κ1) is 32.8. The Balaban J connectivity index is 1.23. The lowest BCUT2D eigenvalue weighted by Gasteiger charge is -2.27. The number of anilines is 3. The van der Waals surface area contributed by atoms with Crippen molar-refractivity contribution in [3.05, 3.63) is 206 Å². The van der Waals surface area contributed by atoms with Gasteiger partial charge in [-0.3, -0.25) is 0 Å². The van der Waals surface area contributed by atoms with Crippen LogP contribution in [0.25, 0.3) is 91.9 Å². The summed E-state index contributed by atoms with van der Waals surface area (Å²) in [6.07, 6.45) is 0. The maximum Gasteiger partial charge on any atom is 0.138 e. The number of hydrogen-bond donors (Lipinski definition) is 0. The van der Waals surface area contributed by atoms with Crippen LogP contribution in [0.5, 0.6) is 0 Å². The summed E-state index contributed by atoms with van der Waals surface area (Å²) in [6.45, 7) is 0. The van der Waals surface area contributed by atoms with E-state index in [2.05, 4.69) is 216 Å². The Morgan fingerprint density at radius 2 is 1.05 bits per heavy atom.